The molecule has 0 aromatic heterocycles. The molecule has 0 atom stereocenters. The Balaban J connectivity index is 1.87. The number of nitrogens with zero attached hydrogens (tertiary/aromatic N) is 1. The van der Waals surface area contributed by atoms with Gasteiger partial charge in [0.2, 0.25) is 0 Å². The van der Waals surface area contributed by atoms with Gasteiger partial charge in [0.15, 0.2) is 5.82 Å². The lowest BCUT2D eigenvalue weighted by molar-refractivity contribution is 0.216. The highest BCUT2D eigenvalue weighted by Gasteiger charge is 2.37. The molecule has 0 unspecified atom stereocenters. The largest absolute Gasteiger partial charge is 0.365 e. The molecule has 1 heterocycles. The van der Waals surface area contributed by atoms with Crippen molar-refractivity contribution in [2.75, 3.05) is 24.5 Å². The molecule has 1 aliphatic heterocycles. The van der Waals surface area contributed by atoms with Crippen molar-refractivity contribution in [2.24, 2.45) is 0 Å². The van der Waals surface area contributed by atoms with Crippen LogP contribution < -0.4 is 10.2 Å². The first-order chi connectivity index (χ1) is 9.60. The van der Waals surface area contributed by atoms with Crippen molar-refractivity contribution in [1.82, 2.24) is 5.32 Å². The van der Waals surface area contributed by atoms with Crippen LogP contribution in [0, 0.1) is 11.6 Å². The van der Waals surface area contributed by atoms with Gasteiger partial charge in [-0.05, 0) is 18.9 Å². The fourth-order valence-corrected chi connectivity index (χ4v) is 3.86. The first-order valence-electron chi connectivity index (χ1n) is 7.24. The molecule has 1 spiro atoms. The summed E-state index contributed by atoms with van der Waals surface area (Å²) in [6, 6.07) is 2.10. The maximum absolute atomic E-state index is 14.1. The molecule has 1 aromatic carbocycles. The summed E-state index contributed by atoms with van der Waals surface area (Å²) in [5.41, 5.74) is 0.417. The van der Waals surface area contributed by atoms with E-state index in [2.05, 4.69) is 5.32 Å². The van der Waals surface area contributed by atoms with Crippen LogP contribution in [0.15, 0.2) is 12.1 Å². The molecule has 1 N–H and O–H groups in total. The molecule has 1 saturated carbocycles. The fraction of sp³-hybridized carbons (Fsp3) is 0.600. The number of benzene rings is 1. The number of hydrogen-bond donors (Lipinski definition) is 1. The SMILES string of the molecule is Fc1cc(F)c(N2CCNC3(CCCCC3)C2)c(Cl)c1. The zero-order valence-corrected chi connectivity index (χ0v) is 12.1. The molecule has 0 radical (unpaired) electrons. The van der Waals surface area contributed by atoms with Crippen molar-refractivity contribution >= 4 is 17.3 Å². The van der Waals surface area contributed by atoms with Crippen LogP contribution >= 0.6 is 11.6 Å². The molecule has 110 valence electrons. The Bertz CT molecular complexity index is 472. The summed E-state index contributed by atoms with van der Waals surface area (Å²) in [7, 11) is 0. The van der Waals surface area contributed by atoms with Crippen molar-refractivity contribution in [3.05, 3.63) is 28.8 Å². The van der Waals surface area contributed by atoms with Gasteiger partial charge in [0.05, 0.1) is 10.7 Å². The minimum atomic E-state index is -0.626. The number of hydrogen-bond acceptors (Lipinski definition) is 2. The van der Waals surface area contributed by atoms with E-state index in [4.69, 9.17) is 11.6 Å². The summed E-state index contributed by atoms with van der Waals surface area (Å²) in [6.45, 7) is 2.26. The van der Waals surface area contributed by atoms with Gasteiger partial charge in [-0.3, -0.25) is 0 Å². The minimum Gasteiger partial charge on any atom is -0.365 e. The fourth-order valence-electron chi connectivity index (χ4n) is 3.55. The number of anilines is 1. The maximum atomic E-state index is 14.1. The van der Waals surface area contributed by atoms with Crippen LogP contribution in [0.5, 0.6) is 0 Å². The Morgan fingerprint density at radius 1 is 1.15 bits per heavy atom. The van der Waals surface area contributed by atoms with E-state index < -0.39 is 11.6 Å². The number of piperazine rings is 1. The van der Waals surface area contributed by atoms with Crippen LogP contribution in [0.1, 0.15) is 32.1 Å². The summed E-state index contributed by atoms with van der Waals surface area (Å²) < 4.78 is 27.2. The molecule has 0 amide bonds. The second kappa shape index (κ2) is 5.49. The van der Waals surface area contributed by atoms with Crippen LogP contribution in [-0.2, 0) is 0 Å². The summed E-state index contributed by atoms with van der Waals surface area (Å²) in [5.74, 6) is -1.19. The molecule has 2 aliphatic rings. The highest BCUT2D eigenvalue weighted by Crippen LogP contribution is 2.36. The summed E-state index contributed by atoms with van der Waals surface area (Å²) in [5, 5.41) is 3.77. The highest BCUT2D eigenvalue weighted by atomic mass is 35.5. The van der Waals surface area contributed by atoms with Crippen molar-refractivity contribution in [3.8, 4) is 0 Å². The first kappa shape index (κ1) is 14.1. The van der Waals surface area contributed by atoms with Crippen LogP contribution in [0.4, 0.5) is 14.5 Å². The van der Waals surface area contributed by atoms with Gasteiger partial charge >= 0.3 is 0 Å². The molecule has 1 aromatic rings. The lowest BCUT2D eigenvalue weighted by atomic mass is 9.80. The third-order valence-electron chi connectivity index (χ3n) is 4.48. The molecule has 3 rings (SSSR count). The lowest BCUT2D eigenvalue weighted by Crippen LogP contribution is -2.61. The number of rotatable bonds is 1. The van der Waals surface area contributed by atoms with Gasteiger partial charge in [0.1, 0.15) is 5.82 Å². The second-order valence-electron chi connectivity index (χ2n) is 5.91. The van der Waals surface area contributed by atoms with Gasteiger partial charge in [-0.1, -0.05) is 30.9 Å². The Hall–Kier alpha value is -0.870. The standard InChI is InChI=1S/C15H19ClF2N2/c16-12-8-11(17)9-13(18)14(12)20-7-6-19-15(10-20)4-2-1-3-5-15/h8-9,19H,1-7,10H2. The van der Waals surface area contributed by atoms with Crippen molar-refractivity contribution in [2.45, 2.75) is 37.6 Å². The Labute approximate surface area is 123 Å². The third-order valence-corrected chi connectivity index (χ3v) is 4.77. The maximum Gasteiger partial charge on any atom is 0.150 e. The van der Waals surface area contributed by atoms with E-state index in [1.165, 1.54) is 25.3 Å². The third kappa shape index (κ3) is 2.63. The molecular weight excluding hydrogens is 282 g/mol. The summed E-state index contributed by atoms with van der Waals surface area (Å²) in [4.78, 5) is 1.97. The van der Waals surface area contributed by atoms with E-state index in [0.717, 1.165) is 32.0 Å². The first-order valence-corrected chi connectivity index (χ1v) is 7.62. The van der Waals surface area contributed by atoms with E-state index in [-0.39, 0.29) is 10.6 Å². The molecule has 5 heteroatoms. The van der Waals surface area contributed by atoms with E-state index in [1.807, 2.05) is 4.90 Å². The monoisotopic (exact) mass is 300 g/mol. The topological polar surface area (TPSA) is 15.3 Å². The van der Waals surface area contributed by atoms with Crippen LogP contribution in [0.2, 0.25) is 5.02 Å². The highest BCUT2D eigenvalue weighted by molar-refractivity contribution is 6.33. The van der Waals surface area contributed by atoms with Crippen LogP contribution in [-0.4, -0.2) is 25.2 Å². The van der Waals surface area contributed by atoms with Crippen molar-refractivity contribution < 1.29 is 8.78 Å². The summed E-state index contributed by atoms with van der Waals surface area (Å²) in [6.07, 6.45) is 5.92. The Kier molecular flexibility index (Phi) is 3.87. The van der Waals surface area contributed by atoms with E-state index in [9.17, 15) is 8.78 Å². The van der Waals surface area contributed by atoms with Crippen LogP contribution in [0.3, 0.4) is 0 Å². The molecule has 0 bridgehead atoms. The van der Waals surface area contributed by atoms with E-state index >= 15 is 0 Å². The molecule has 2 fully saturated rings. The van der Waals surface area contributed by atoms with Gasteiger partial charge in [-0.15, -0.1) is 0 Å². The predicted molar refractivity (Wildman–Crippen MR) is 77.4 cm³/mol. The quantitative estimate of drug-likeness (QED) is 0.850. The predicted octanol–water partition coefficient (Wildman–Crippen LogP) is 3.73. The van der Waals surface area contributed by atoms with Gasteiger partial charge in [0, 0.05) is 31.2 Å². The van der Waals surface area contributed by atoms with E-state index in [1.54, 1.807) is 0 Å². The van der Waals surface area contributed by atoms with Crippen LogP contribution in [0.25, 0.3) is 0 Å². The molecule has 20 heavy (non-hydrogen) atoms. The zero-order chi connectivity index (χ0) is 14.2. The van der Waals surface area contributed by atoms with Gasteiger partial charge in [0.25, 0.3) is 0 Å². The van der Waals surface area contributed by atoms with E-state index in [0.29, 0.717) is 12.2 Å². The zero-order valence-electron chi connectivity index (χ0n) is 11.4. The Morgan fingerprint density at radius 2 is 1.90 bits per heavy atom. The summed E-state index contributed by atoms with van der Waals surface area (Å²) >= 11 is 6.05. The minimum absolute atomic E-state index is 0.0701. The molecule has 1 aliphatic carbocycles. The molecule has 1 saturated heterocycles. The van der Waals surface area contributed by atoms with Gasteiger partial charge in [-0.2, -0.15) is 0 Å². The van der Waals surface area contributed by atoms with Crippen molar-refractivity contribution in [3.63, 3.8) is 0 Å². The van der Waals surface area contributed by atoms with Crippen molar-refractivity contribution in [1.29, 1.82) is 0 Å². The lowest BCUT2D eigenvalue weighted by Gasteiger charge is -2.47. The Morgan fingerprint density at radius 3 is 2.60 bits per heavy atom. The molecule has 2 nitrogen and oxygen atoms in total. The molecular formula is C15H19ClF2N2. The smallest absolute Gasteiger partial charge is 0.150 e. The van der Waals surface area contributed by atoms with Gasteiger partial charge < -0.3 is 10.2 Å². The normalized spacial score (nSPS) is 22.2. The second-order valence-corrected chi connectivity index (χ2v) is 6.31. The average molecular weight is 301 g/mol. The average Bonchev–Trinajstić information content (AvgIpc) is 2.38. The number of halogens is 3. The van der Waals surface area contributed by atoms with Gasteiger partial charge in [-0.25, -0.2) is 8.78 Å². The number of nitrogens with one attached hydrogen (secondary N) is 1.